The van der Waals surface area contributed by atoms with Crippen LogP contribution in [0.4, 0.5) is 4.39 Å². The molecule has 0 bridgehead atoms. The average molecular weight is 393 g/mol. The van der Waals surface area contributed by atoms with Crippen molar-refractivity contribution in [1.82, 2.24) is 10.2 Å². The van der Waals surface area contributed by atoms with Crippen molar-refractivity contribution < 1.29 is 18.7 Å². The van der Waals surface area contributed by atoms with Crippen molar-refractivity contribution in [1.29, 1.82) is 0 Å². The Balaban J connectivity index is 2.22. The first kappa shape index (κ1) is 20.7. The zero-order chi connectivity index (χ0) is 19.8. The van der Waals surface area contributed by atoms with Gasteiger partial charge in [-0.3, -0.25) is 9.59 Å². The number of carbonyl (C=O) groups excluding carboxylic acids is 2. The standard InChI is InChI=1S/C20H22ClFN2O3/c1-3-17(20(26)23-2)24(12-14-8-4-5-9-15(14)21)19(25)13-27-18-11-7-6-10-16(18)22/h4-11,17H,3,12-13H2,1-2H3,(H,23,26)/t17-/m1/s1. The summed E-state index contributed by atoms with van der Waals surface area (Å²) in [6.07, 6.45) is 0.412. The summed E-state index contributed by atoms with van der Waals surface area (Å²) < 4.78 is 19.0. The molecular formula is C20H22ClFN2O3. The Kier molecular flexibility index (Phi) is 7.61. The lowest BCUT2D eigenvalue weighted by Gasteiger charge is -2.30. The molecule has 2 aromatic carbocycles. The van der Waals surface area contributed by atoms with Crippen LogP contribution in [0.3, 0.4) is 0 Å². The smallest absolute Gasteiger partial charge is 0.261 e. The van der Waals surface area contributed by atoms with E-state index in [9.17, 15) is 14.0 Å². The zero-order valence-corrected chi connectivity index (χ0v) is 16.0. The maximum absolute atomic E-state index is 13.7. The average Bonchev–Trinajstić information content (AvgIpc) is 2.68. The van der Waals surface area contributed by atoms with Crippen molar-refractivity contribution in [2.45, 2.75) is 25.9 Å². The lowest BCUT2D eigenvalue weighted by Crippen LogP contribution is -2.49. The molecule has 0 heterocycles. The van der Waals surface area contributed by atoms with Crippen molar-refractivity contribution >= 4 is 23.4 Å². The monoisotopic (exact) mass is 392 g/mol. The van der Waals surface area contributed by atoms with E-state index >= 15 is 0 Å². The van der Waals surface area contributed by atoms with Crippen LogP contribution in [0.25, 0.3) is 0 Å². The molecule has 27 heavy (non-hydrogen) atoms. The molecule has 0 aliphatic heterocycles. The van der Waals surface area contributed by atoms with Gasteiger partial charge in [0, 0.05) is 18.6 Å². The fourth-order valence-corrected chi connectivity index (χ4v) is 2.88. The molecule has 1 atom stereocenters. The first-order valence-corrected chi connectivity index (χ1v) is 8.97. The number of hydrogen-bond acceptors (Lipinski definition) is 3. The minimum Gasteiger partial charge on any atom is -0.481 e. The Labute approximate surface area is 163 Å². The Hall–Kier alpha value is -2.60. The van der Waals surface area contributed by atoms with Crippen LogP contribution < -0.4 is 10.1 Å². The highest BCUT2D eigenvalue weighted by atomic mass is 35.5. The van der Waals surface area contributed by atoms with Crippen LogP contribution in [-0.4, -0.2) is 36.4 Å². The molecule has 0 spiro atoms. The number of halogens is 2. The van der Waals surface area contributed by atoms with Crippen molar-refractivity contribution in [3.05, 3.63) is 64.9 Å². The number of rotatable bonds is 8. The third kappa shape index (κ3) is 5.44. The molecule has 0 fully saturated rings. The maximum Gasteiger partial charge on any atom is 0.261 e. The summed E-state index contributed by atoms with van der Waals surface area (Å²) in [6.45, 7) is 1.56. The van der Waals surface area contributed by atoms with E-state index in [1.54, 1.807) is 30.3 Å². The van der Waals surface area contributed by atoms with Gasteiger partial charge >= 0.3 is 0 Å². The van der Waals surface area contributed by atoms with Gasteiger partial charge in [0.05, 0.1) is 0 Å². The van der Waals surface area contributed by atoms with Gasteiger partial charge in [0.25, 0.3) is 5.91 Å². The molecule has 0 unspecified atom stereocenters. The number of ether oxygens (including phenoxy) is 1. The van der Waals surface area contributed by atoms with E-state index in [0.717, 1.165) is 0 Å². The van der Waals surface area contributed by atoms with Gasteiger partial charge in [-0.05, 0) is 30.2 Å². The summed E-state index contributed by atoms with van der Waals surface area (Å²) in [5, 5.41) is 3.07. The fraction of sp³-hybridized carbons (Fsp3) is 0.300. The van der Waals surface area contributed by atoms with Crippen LogP contribution in [0.1, 0.15) is 18.9 Å². The van der Waals surface area contributed by atoms with Gasteiger partial charge in [-0.1, -0.05) is 48.9 Å². The van der Waals surface area contributed by atoms with Gasteiger partial charge in [-0.25, -0.2) is 4.39 Å². The Bertz CT molecular complexity index is 800. The molecule has 0 saturated heterocycles. The third-order valence-electron chi connectivity index (χ3n) is 4.12. The van der Waals surface area contributed by atoms with E-state index in [1.807, 2.05) is 6.92 Å². The van der Waals surface area contributed by atoms with Crippen molar-refractivity contribution in [3.63, 3.8) is 0 Å². The second-order valence-electron chi connectivity index (χ2n) is 5.87. The van der Waals surface area contributed by atoms with E-state index in [2.05, 4.69) is 5.32 Å². The number of carbonyl (C=O) groups is 2. The third-order valence-corrected chi connectivity index (χ3v) is 4.49. The summed E-state index contributed by atoms with van der Waals surface area (Å²) in [4.78, 5) is 26.5. The topological polar surface area (TPSA) is 58.6 Å². The normalized spacial score (nSPS) is 11.6. The SMILES string of the molecule is CC[C@H](C(=O)NC)N(Cc1ccccc1Cl)C(=O)COc1ccccc1F. The summed E-state index contributed by atoms with van der Waals surface area (Å²) >= 11 is 6.21. The summed E-state index contributed by atoms with van der Waals surface area (Å²) in [5.74, 6) is -1.30. The van der Waals surface area contributed by atoms with Crippen molar-refractivity contribution in [3.8, 4) is 5.75 Å². The Morgan fingerprint density at radius 1 is 1.19 bits per heavy atom. The first-order chi connectivity index (χ1) is 13.0. The number of hydrogen-bond donors (Lipinski definition) is 1. The predicted octanol–water partition coefficient (Wildman–Crippen LogP) is 3.41. The van der Waals surface area contributed by atoms with Gasteiger partial charge in [-0.2, -0.15) is 0 Å². The van der Waals surface area contributed by atoms with Gasteiger partial charge in [0.2, 0.25) is 5.91 Å². The number of benzene rings is 2. The Morgan fingerprint density at radius 3 is 2.48 bits per heavy atom. The highest BCUT2D eigenvalue weighted by Crippen LogP contribution is 2.20. The molecule has 2 amide bonds. The molecule has 2 aromatic rings. The van der Waals surface area contributed by atoms with E-state index < -0.39 is 17.8 Å². The highest BCUT2D eigenvalue weighted by molar-refractivity contribution is 6.31. The van der Waals surface area contributed by atoms with Crippen LogP contribution in [-0.2, 0) is 16.1 Å². The van der Waals surface area contributed by atoms with Crippen LogP contribution in [0.15, 0.2) is 48.5 Å². The number of amides is 2. The van der Waals surface area contributed by atoms with Crippen molar-refractivity contribution in [2.75, 3.05) is 13.7 Å². The lowest BCUT2D eigenvalue weighted by molar-refractivity contribution is -0.142. The molecule has 7 heteroatoms. The highest BCUT2D eigenvalue weighted by Gasteiger charge is 2.28. The fourth-order valence-electron chi connectivity index (χ4n) is 2.68. The van der Waals surface area contributed by atoms with Gasteiger partial charge in [0.15, 0.2) is 18.2 Å². The van der Waals surface area contributed by atoms with E-state index in [-0.39, 0.29) is 24.8 Å². The minimum atomic E-state index is -0.692. The van der Waals surface area contributed by atoms with Crippen LogP contribution in [0, 0.1) is 5.82 Å². The number of likely N-dealkylation sites (N-methyl/N-ethyl adjacent to an activating group) is 1. The van der Waals surface area contributed by atoms with Crippen LogP contribution in [0.5, 0.6) is 5.75 Å². The summed E-state index contributed by atoms with van der Waals surface area (Å²) in [6, 6.07) is 12.2. The van der Waals surface area contributed by atoms with Crippen LogP contribution >= 0.6 is 11.6 Å². The van der Waals surface area contributed by atoms with E-state index in [0.29, 0.717) is 17.0 Å². The Morgan fingerprint density at radius 2 is 1.85 bits per heavy atom. The molecule has 0 aliphatic rings. The van der Waals surface area contributed by atoms with E-state index in [1.165, 1.54) is 30.1 Å². The van der Waals surface area contributed by atoms with Crippen molar-refractivity contribution in [2.24, 2.45) is 0 Å². The minimum absolute atomic E-state index is 0.0171. The molecule has 0 saturated carbocycles. The molecule has 144 valence electrons. The van der Waals surface area contributed by atoms with Gasteiger partial charge in [0.1, 0.15) is 6.04 Å². The maximum atomic E-state index is 13.7. The molecule has 5 nitrogen and oxygen atoms in total. The van der Waals surface area contributed by atoms with Gasteiger partial charge < -0.3 is 15.0 Å². The summed E-state index contributed by atoms with van der Waals surface area (Å²) in [5.41, 5.74) is 0.709. The molecule has 0 aliphatic carbocycles. The number of para-hydroxylation sites is 1. The second-order valence-corrected chi connectivity index (χ2v) is 6.28. The predicted molar refractivity (Wildman–Crippen MR) is 102 cm³/mol. The molecule has 0 radical (unpaired) electrons. The lowest BCUT2D eigenvalue weighted by atomic mass is 10.1. The second kappa shape index (κ2) is 9.92. The molecule has 2 rings (SSSR count). The number of nitrogens with zero attached hydrogens (tertiary/aromatic N) is 1. The number of nitrogens with one attached hydrogen (secondary N) is 1. The van der Waals surface area contributed by atoms with Gasteiger partial charge in [-0.15, -0.1) is 0 Å². The largest absolute Gasteiger partial charge is 0.481 e. The first-order valence-electron chi connectivity index (χ1n) is 8.59. The molecule has 0 aromatic heterocycles. The van der Waals surface area contributed by atoms with E-state index in [4.69, 9.17) is 16.3 Å². The quantitative estimate of drug-likeness (QED) is 0.749. The molecule has 1 N–H and O–H groups in total. The molecular weight excluding hydrogens is 371 g/mol. The van der Waals surface area contributed by atoms with Crippen LogP contribution in [0.2, 0.25) is 5.02 Å². The zero-order valence-electron chi connectivity index (χ0n) is 15.2. The summed E-state index contributed by atoms with van der Waals surface area (Å²) in [7, 11) is 1.51.